The maximum Gasteiger partial charge on any atom is 0.229 e. The van der Waals surface area contributed by atoms with Crippen molar-refractivity contribution in [1.82, 2.24) is 15.0 Å². The zero-order valence-electron chi connectivity index (χ0n) is 19.0. The Kier molecular flexibility index (Phi) is 6.14. The standard InChI is InChI=1S/C24H26F2N4O3/c1-13-7-22(28-10-19(13)26)30-23(31)17-9-24(17,16-5-6-18(25)20(8-16)32-4)12-33-21-11-27-15(3)29-14(21)2/h6-8,10-11,16-17H,5,9,12H2,1-4H3,(H,28,30,31)/t16?,17-,24+/m0/s1. The van der Waals surface area contributed by atoms with Gasteiger partial charge in [0.15, 0.2) is 17.3 Å². The molecule has 174 valence electrons. The minimum absolute atomic E-state index is 0.155. The molecule has 0 radical (unpaired) electrons. The molecule has 2 aromatic rings. The van der Waals surface area contributed by atoms with Crippen molar-refractivity contribution < 1.29 is 23.0 Å². The second-order valence-corrected chi connectivity index (χ2v) is 8.58. The number of rotatable bonds is 7. The number of carbonyl (C=O) groups excluding carboxylic acids is 1. The van der Waals surface area contributed by atoms with Gasteiger partial charge < -0.3 is 14.8 Å². The molecule has 2 aliphatic carbocycles. The number of hydrogen-bond acceptors (Lipinski definition) is 6. The highest BCUT2D eigenvalue weighted by atomic mass is 19.1. The predicted molar refractivity (Wildman–Crippen MR) is 117 cm³/mol. The van der Waals surface area contributed by atoms with E-state index >= 15 is 0 Å². The van der Waals surface area contributed by atoms with E-state index in [0.717, 1.165) is 6.20 Å². The van der Waals surface area contributed by atoms with Gasteiger partial charge in [0, 0.05) is 11.3 Å². The average Bonchev–Trinajstić information content (AvgIpc) is 3.52. The lowest BCUT2D eigenvalue weighted by atomic mass is 9.82. The number of aromatic nitrogens is 3. The van der Waals surface area contributed by atoms with Crippen LogP contribution in [-0.2, 0) is 9.53 Å². The van der Waals surface area contributed by atoms with E-state index in [1.807, 2.05) is 6.92 Å². The van der Waals surface area contributed by atoms with Gasteiger partial charge in [0.25, 0.3) is 0 Å². The van der Waals surface area contributed by atoms with Crippen LogP contribution in [0.3, 0.4) is 0 Å². The molecular weight excluding hydrogens is 430 g/mol. The second kappa shape index (κ2) is 8.88. The van der Waals surface area contributed by atoms with Gasteiger partial charge in [-0.05, 0) is 63.3 Å². The molecule has 7 nitrogen and oxygen atoms in total. The number of halogens is 2. The van der Waals surface area contributed by atoms with Crippen molar-refractivity contribution in [3.63, 3.8) is 0 Å². The average molecular weight is 456 g/mol. The van der Waals surface area contributed by atoms with Crippen molar-refractivity contribution >= 4 is 11.7 Å². The molecule has 2 aliphatic rings. The monoisotopic (exact) mass is 456 g/mol. The summed E-state index contributed by atoms with van der Waals surface area (Å²) in [6, 6.07) is 1.49. The number of allylic oxidation sites excluding steroid dienone is 3. The van der Waals surface area contributed by atoms with Crippen LogP contribution in [0.15, 0.2) is 42.2 Å². The van der Waals surface area contributed by atoms with Gasteiger partial charge in [0.2, 0.25) is 5.91 Å². The summed E-state index contributed by atoms with van der Waals surface area (Å²) in [7, 11) is 1.41. The minimum Gasteiger partial charge on any atom is -0.494 e. The summed E-state index contributed by atoms with van der Waals surface area (Å²) in [6.45, 7) is 5.46. The van der Waals surface area contributed by atoms with Crippen LogP contribution < -0.4 is 10.1 Å². The van der Waals surface area contributed by atoms with E-state index in [1.165, 1.54) is 19.3 Å². The molecule has 1 saturated carbocycles. The highest BCUT2D eigenvalue weighted by Crippen LogP contribution is 2.61. The van der Waals surface area contributed by atoms with E-state index in [-0.39, 0.29) is 30.0 Å². The van der Waals surface area contributed by atoms with Crippen LogP contribution in [0.2, 0.25) is 0 Å². The number of aryl methyl sites for hydroxylation is 3. The van der Waals surface area contributed by atoms with E-state index < -0.39 is 23.0 Å². The third-order valence-corrected chi connectivity index (χ3v) is 6.38. The zero-order valence-corrected chi connectivity index (χ0v) is 19.0. The van der Waals surface area contributed by atoms with Gasteiger partial charge in [-0.3, -0.25) is 4.79 Å². The number of hydrogen-bond donors (Lipinski definition) is 1. The van der Waals surface area contributed by atoms with Gasteiger partial charge >= 0.3 is 0 Å². The lowest BCUT2D eigenvalue weighted by Gasteiger charge is -2.28. The van der Waals surface area contributed by atoms with Crippen LogP contribution in [0.1, 0.15) is 29.9 Å². The normalized spacial score (nSPS) is 23.9. The van der Waals surface area contributed by atoms with Crippen LogP contribution in [-0.4, -0.2) is 34.6 Å². The van der Waals surface area contributed by atoms with Gasteiger partial charge in [-0.25, -0.2) is 23.7 Å². The first-order valence-electron chi connectivity index (χ1n) is 10.7. The Balaban J connectivity index is 1.56. The Morgan fingerprint density at radius 1 is 1.24 bits per heavy atom. The Hall–Kier alpha value is -3.36. The topological polar surface area (TPSA) is 86.2 Å². The molecule has 0 aliphatic heterocycles. The van der Waals surface area contributed by atoms with E-state index in [0.29, 0.717) is 35.7 Å². The molecule has 9 heteroatoms. The van der Waals surface area contributed by atoms with Gasteiger partial charge in [0.05, 0.1) is 31.8 Å². The second-order valence-electron chi connectivity index (χ2n) is 8.58. The molecule has 3 atom stereocenters. The third-order valence-electron chi connectivity index (χ3n) is 6.38. The van der Waals surface area contributed by atoms with E-state index in [9.17, 15) is 13.6 Å². The Morgan fingerprint density at radius 2 is 2.03 bits per heavy atom. The first kappa shape index (κ1) is 22.8. The molecule has 2 aromatic heterocycles. The van der Waals surface area contributed by atoms with Gasteiger partial charge in [0.1, 0.15) is 17.5 Å². The Bertz CT molecular complexity index is 1150. The summed E-state index contributed by atoms with van der Waals surface area (Å²) in [5, 5.41) is 2.78. The largest absolute Gasteiger partial charge is 0.494 e. The van der Waals surface area contributed by atoms with Crippen LogP contribution >= 0.6 is 0 Å². The molecule has 2 heterocycles. The highest BCUT2D eigenvalue weighted by Gasteiger charge is 2.62. The molecule has 33 heavy (non-hydrogen) atoms. The minimum atomic E-state index is -0.572. The van der Waals surface area contributed by atoms with Crippen molar-refractivity contribution in [2.45, 2.75) is 33.6 Å². The summed E-state index contributed by atoms with van der Waals surface area (Å²) >= 11 is 0. The maximum atomic E-state index is 14.1. The lowest BCUT2D eigenvalue weighted by Crippen LogP contribution is -2.30. The number of carbonyl (C=O) groups is 1. The van der Waals surface area contributed by atoms with E-state index in [2.05, 4.69) is 20.3 Å². The summed E-state index contributed by atoms with van der Waals surface area (Å²) in [5.41, 5.74) is 0.520. The summed E-state index contributed by atoms with van der Waals surface area (Å²) in [4.78, 5) is 25.6. The van der Waals surface area contributed by atoms with E-state index in [1.54, 1.807) is 26.1 Å². The fraction of sp³-hybridized carbons (Fsp3) is 0.417. The summed E-state index contributed by atoms with van der Waals surface area (Å²) in [6.07, 6.45) is 6.86. The highest BCUT2D eigenvalue weighted by molar-refractivity contribution is 5.94. The first-order valence-corrected chi connectivity index (χ1v) is 10.7. The number of nitrogens with zero attached hydrogens (tertiary/aromatic N) is 3. The molecule has 1 amide bonds. The number of amides is 1. The van der Waals surface area contributed by atoms with Crippen molar-refractivity contribution in [1.29, 1.82) is 0 Å². The molecule has 1 fully saturated rings. The molecule has 4 rings (SSSR count). The summed E-state index contributed by atoms with van der Waals surface area (Å²) in [5.74, 6) is -0.0463. The Morgan fingerprint density at radius 3 is 2.73 bits per heavy atom. The van der Waals surface area contributed by atoms with Crippen LogP contribution in [0, 0.1) is 43.8 Å². The number of nitrogens with one attached hydrogen (secondary N) is 1. The quantitative estimate of drug-likeness (QED) is 0.666. The van der Waals surface area contributed by atoms with Crippen molar-refractivity contribution in [2.24, 2.45) is 17.3 Å². The Labute approximate surface area is 191 Å². The van der Waals surface area contributed by atoms with Gasteiger partial charge in [-0.1, -0.05) is 0 Å². The van der Waals surface area contributed by atoms with Crippen LogP contribution in [0.4, 0.5) is 14.6 Å². The molecule has 0 bridgehead atoms. The van der Waals surface area contributed by atoms with Crippen molar-refractivity contribution in [3.8, 4) is 5.75 Å². The number of methoxy groups -OCH3 is 1. The molecule has 1 N–H and O–H groups in total. The predicted octanol–water partition coefficient (Wildman–Crippen LogP) is 4.36. The molecule has 1 unspecified atom stereocenters. The molecule has 0 spiro atoms. The molecule has 0 saturated heterocycles. The van der Waals surface area contributed by atoms with E-state index in [4.69, 9.17) is 9.47 Å². The van der Waals surface area contributed by atoms with Gasteiger partial charge in [-0.2, -0.15) is 0 Å². The fourth-order valence-electron chi connectivity index (χ4n) is 4.33. The smallest absolute Gasteiger partial charge is 0.229 e. The molecular formula is C24H26F2N4O3. The first-order chi connectivity index (χ1) is 15.7. The number of anilines is 1. The third kappa shape index (κ3) is 4.58. The fourth-order valence-corrected chi connectivity index (χ4v) is 4.33. The van der Waals surface area contributed by atoms with Gasteiger partial charge in [-0.15, -0.1) is 0 Å². The lowest BCUT2D eigenvalue weighted by molar-refractivity contribution is -0.118. The summed E-state index contributed by atoms with van der Waals surface area (Å²) < 4.78 is 38.9. The zero-order chi connectivity index (χ0) is 23.8. The van der Waals surface area contributed by atoms with Crippen molar-refractivity contribution in [2.75, 3.05) is 19.0 Å². The number of pyridine rings is 1. The van der Waals surface area contributed by atoms with Crippen LogP contribution in [0.25, 0.3) is 0 Å². The van der Waals surface area contributed by atoms with Crippen LogP contribution in [0.5, 0.6) is 5.75 Å². The number of ether oxygens (including phenoxy) is 2. The molecule has 0 aromatic carbocycles. The SMILES string of the molecule is COC1=CC([C@]2(COc3cnc(C)nc3C)C[C@H]2C(=O)Nc2cc(C)c(F)cn2)CC=C1F. The van der Waals surface area contributed by atoms with Crippen molar-refractivity contribution in [3.05, 3.63) is 65.1 Å². The maximum absolute atomic E-state index is 14.1.